The van der Waals surface area contributed by atoms with E-state index in [9.17, 15) is 18.0 Å². The second-order valence-electron chi connectivity index (χ2n) is 8.63. The first kappa shape index (κ1) is 24.6. The molecule has 10 nitrogen and oxygen atoms in total. The minimum absolute atomic E-state index is 0.00630. The number of nitrogens with one attached hydrogen (secondary N) is 1. The molecule has 5 rings (SSSR count). The maximum absolute atomic E-state index is 13.5. The third-order valence-corrected chi connectivity index (χ3v) is 5.44. The van der Waals surface area contributed by atoms with E-state index in [1.54, 1.807) is 13.8 Å². The molecule has 1 N–H and O–H groups in total. The number of imidazole rings is 1. The molecule has 0 spiro atoms. The topological polar surface area (TPSA) is 113 Å². The number of carbonyl (C=O) groups is 1. The molecule has 1 amide bonds. The summed E-state index contributed by atoms with van der Waals surface area (Å²) in [7, 11) is 0. The van der Waals surface area contributed by atoms with E-state index in [4.69, 9.17) is 14.2 Å². The lowest BCUT2D eigenvalue weighted by molar-refractivity contribution is -0.141. The first-order valence-corrected chi connectivity index (χ1v) is 11.2. The van der Waals surface area contributed by atoms with Crippen LogP contribution >= 0.6 is 0 Å². The van der Waals surface area contributed by atoms with Crippen LogP contribution in [0.3, 0.4) is 0 Å². The molecule has 1 saturated heterocycles. The molecule has 1 aromatic carbocycles. The van der Waals surface area contributed by atoms with Crippen LogP contribution in [0.15, 0.2) is 55.0 Å². The van der Waals surface area contributed by atoms with Gasteiger partial charge >= 0.3 is 6.18 Å². The molecule has 1 aliphatic heterocycles. The molecule has 1 fully saturated rings. The molecule has 4 aromatic rings. The van der Waals surface area contributed by atoms with Crippen molar-refractivity contribution >= 4 is 17.4 Å². The van der Waals surface area contributed by atoms with E-state index in [1.165, 1.54) is 53.4 Å². The van der Waals surface area contributed by atoms with Crippen molar-refractivity contribution in [1.82, 2.24) is 24.6 Å². The minimum Gasteiger partial charge on any atom is -0.474 e. The lowest BCUT2D eigenvalue weighted by atomic mass is 10.0. The van der Waals surface area contributed by atoms with Crippen LogP contribution in [0.25, 0.3) is 16.9 Å². The second-order valence-corrected chi connectivity index (χ2v) is 8.63. The summed E-state index contributed by atoms with van der Waals surface area (Å²) in [5.41, 5.74) is -0.647. The third-order valence-electron chi connectivity index (χ3n) is 5.44. The van der Waals surface area contributed by atoms with Crippen molar-refractivity contribution in [2.24, 2.45) is 0 Å². The Morgan fingerprint density at radius 2 is 2.00 bits per heavy atom. The molecule has 13 heteroatoms. The summed E-state index contributed by atoms with van der Waals surface area (Å²) < 4.78 is 58.5. The first-order chi connectivity index (χ1) is 17.6. The summed E-state index contributed by atoms with van der Waals surface area (Å²) in [4.78, 5) is 25.3. The van der Waals surface area contributed by atoms with Gasteiger partial charge in [-0.3, -0.25) is 9.78 Å². The summed E-state index contributed by atoms with van der Waals surface area (Å²) in [5.74, 6) is -1.07. The Labute approximate surface area is 208 Å². The molecule has 192 valence electrons. The Kier molecular flexibility index (Phi) is 6.25. The highest BCUT2D eigenvalue weighted by atomic mass is 19.4. The number of hydrogen-bond donors (Lipinski definition) is 1. The second kappa shape index (κ2) is 9.41. The van der Waals surface area contributed by atoms with E-state index in [0.29, 0.717) is 6.61 Å². The Hall–Kier alpha value is -4.10. The highest BCUT2D eigenvalue weighted by Crippen LogP contribution is 2.36. The SMILES string of the molecule is CC1(C)OCC(COc2cncc(NC(=O)c3cnc4ccc(-c5ccccc5C(F)(F)F)nn34)n2)O1. The van der Waals surface area contributed by atoms with Gasteiger partial charge in [-0.15, -0.1) is 0 Å². The maximum Gasteiger partial charge on any atom is 0.417 e. The molecule has 0 saturated carbocycles. The Morgan fingerprint density at radius 1 is 1.19 bits per heavy atom. The number of alkyl halides is 3. The lowest BCUT2D eigenvalue weighted by Gasteiger charge is -2.17. The van der Waals surface area contributed by atoms with Crippen molar-refractivity contribution in [2.75, 3.05) is 18.5 Å². The number of amides is 1. The van der Waals surface area contributed by atoms with E-state index < -0.39 is 23.4 Å². The molecule has 4 heterocycles. The predicted octanol–water partition coefficient (Wildman–Crippen LogP) is 3.99. The molecule has 1 atom stereocenters. The first-order valence-electron chi connectivity index (χ1n) is 11.2. The molecular formula is C24H21F3N6O4. The average Bonchev–Trinajstić information content (AvgIpc) is 3.44. The van der Waals surface area contributed by atoms with Gasteiger partial charge in [-0.05, 0) is 32.0 Å². The maximum atomic E-state index is 13.5. The monoisotopic (exact) mass is 514 g/mol. The van der Waals surface area contributed by atoms with Crippen LogP contribution in [0, 0.1) is 0 Å². The van der Waals surface area contributed by atoms with Gasteiger partial charge in [-0.2, -0.15) is 23.3 Å². The lowest BCUT2D eigenvalue weighted by Crippen LogP contribution is -2.25. The molecule has 0 aliphatic carbocycles. The molecular weight excluding hydrogens is 493 g/mol. The standard InChI is InChI=1S/C24H21F3N6O4/c1-23(2)36-13-14(37-23)12-35-21-11-28-10-19(30-21)31-22(34)18-9-29-20-8-7-17(32-33(18)20)15-5-3-4-6-16(15)24(25,26)27/h3-11,14H,12-13H2,1-2H3,(H,30,31,34). The number of hydrogen-bond acceptors (Lipinski definition) is 8. The van der Waals surface area contributed by atoms with Crippen LogP contribution in [0.1, 0.15) is 29.9 Å². The number of anilines is 1. The van der Waals surface area contributed by atoms with Crippen molar-refractivity contribution in [1.29, 1.82) is 0 Å². The predicted molar refractivity (Wildman–Crippen MR) is 124 cm³/mol. The van der Waals surface area contributed by atoms with Gasteiger partial charge in [0.25, 0.3) is 5.91 Å². The zero-order chi connectivity index (χ0) is 26.2. The van der Waals surface area contributed by atoms with Crippen LogP contribution in [-0.4, -0.2) is 55.6 Å². The van der Waals surface area contributed by atoms with Gasteiger partial charge in [-0.25, -0.2) is 9.50 Å². The van der Waals surface area contributed by atoms with Crippen LogP contribution in [-0.2, 0) is 15.7 Å². The number of carbonyl (C=O) groups excluding carboxylic acids is 1. The molecule has 1 unspecified atom stereocenters. The number of aromatic nitrogens is 5. The summed E-state index contributed by atoms with van der Waals surface area (Å²) >= 11 is 0. The van der Waals surface area contributed by atoms with Crippen molar-refractivity contribution < 1.29 is 32.2 Å². The summed E-state index contributed by atoms with van der Waals surface area (Å²) in [6, 6.07) is 7.98. The number of benzene rings is 1. The molecule has 0 bridgehead atoms. The quantitative estimate of drug-likeness (QED) is 0.411. The van der Waals surface area contributed by atoms with Crippen LogP contribution in [0.5, 0.6) is 5.88 Å². The number of nitrogens with zero attached hydrogens (tertiary/aromatic N) is 5. The highest BCUT2D eigenvalue weighted by Gasteiger charge is 2.34. The zero-order valence-corrected chi connectivity index (χ0v) is 19.7. The number of rotatable bonds is 6. The highest BCUT2D eigenvalue weighted by molar-refractivity contribution is 6.02. The zero-order valence-electron chi connectivity index (χ0n) is 19.7. The van der Waals surface area contributed by atoms with Gasteiger partial charge in [-0.1, -0.05) is 18.2 Å². The van der Waals surface area contributed by atoms with Crippen LogP contribution in [0.4, 0.5) is 19.0 Å². The smallest absolute Gasteiger partial charge is 0.417 e. The Balaban J connectivity index is 1.34. The Morgan fingerprint density at radius 3 is 2.76 bits per heavy atom. The van der Waals surface area contributed by atoms with E-state index in [2.05, 4.69) is 25.4 Å². The van der Waals surface area contributed by atoms with Crippen LogP contribution < -0.4 is 10.1 Å². The van der Waals surface area contributed by atoms with Gasteiger partial charge in [0.05, 0.1) is 36.5 Å². The molecule has 1 aliphatic rings. The molecule has 37 heavy (non-hydrogen) atoms. The van der Waals surface area contributed by atoms with Gasteiger partial charge < -0.3 is 19.5 Å². The fraction of sp³-hybridized carbons (Fsp3) is 0.292. The van der Waals surface area contributed by atoms with Crippen LogP contribution in [0.2, 0.25) is 0 Å². The van der Waals surface area contributed by atoms with Crippen molar-refractivity contribution in [3.8, 4) is 17.1 Å². The van der Waals surface area contributed by atoms with E-state index in [0.717, 1.165) is 6.07 Å². The number of ether oxygens (including phenoxy) is 3. The number of fused-ring (bicyclic) bond motifs is 1. The van der Waals surface area contributed by atoms with Crippen molar-refractivity contribution in [2.45, 2.75) is 31.9 Å². The summed E-state index contributed by atoms with van der Waals surface area (Å²) in [5, 5.41) is 6.84. The Bertz CT molecular complexity index is 1460. The van der Waals surface area contributed by atoms with Crippen molar-refractivity contribution in [3.05, 3.63) is 66.2 Å². The fourth-order valence-corrected chi connectivity index (χ4v) is 3.81. The minimum atomic E-state index is -4.57. The van der Waals surface area contributed by atoms with Gasteiger partial charge in [0.1, 0.15) is 12.7 Å². The number of halogens is 3. The van der Waals surface area contributed by atoms with E-state index in [1.807, 2.05) is 0 Å². The van der Waals surface area contributed by atoms with Gasteiger partial charge in [0.15, 0.2) is 22.9 Å². The van der Waals surface area contributed by atoms with Gasteiger partial charge in [0.2, 0.25) is 5.88 Å². The fourth-order valence-electron chi connectivity index (χ4n) is 3.81. The molecule has 3 aromatic heterocycles. The van der Waals surface area contributed by atoms with E-state index in [-0.39, 0.29) is 47.0 Å². The third kappa shape index (κ3) is 5.37. The molecule has 0 radical (unpaired) electrons. The van der Waals surface area contributed by atoms with E-state index >= 15 is 0 Å². The summed E-state index contributed by atoms with van der Waals surface area (Å²) in [6.45, 7) is 4.15. The normalized spacial score (nSPS) is 17.2. The van der Waals surface area contributed by atoms with Gasteiger partial charge in [0, 0.05) is 5.56 Å². The largest absolute Gasteiger partial charge is 0.474 e. The van der Waals surface area contributed by atoms with Crippen molar-refractivity contribution in [3.63, 3.8) is 0 Å². The summed E-state index contributed by atoms with van der Waals surface area (Å²) in [6.07, 6.45) is -0.872. The average molecular weight is 514 g/mol.